The van der Waals surface area contributed by atoms with E-state index in [2.05, 4.69) is 38.8 Å². The molecule has 0 aliphatic carbocycles. The van der Waals surface area contributed by atoms with Gasteiger partial charge in [0.1, 0.15) is 5.75 Å². The van der Waals surface area contributed by atoms with E-state index in [4.69, 9.17) is 4.74 Å². The number of allylic oxidation sites excluding steroid dienone is 1. The number of nitrogens with zero attached hydrogens (tertiary/aromatic N) is 1. The first-order chi connectivity index (χ1) is 9.76. The Balaban J connectivity index is 2.28. The average molecular weight is 339 g/mol. The number of hydrogen-bond acceptors (Lipinski definition) is 3. The van der Waals surface area contributed by atoms with Gasteiger partial charge in [-0.3, -0.25) is 4.90 Å². The highest BCUT2D eigenvalue weighted by atomic mass is 79.9. The normalized spacial score (nSPS) is 17.7. The molecule has 3 nitrogen and oxygen atoms in total. The summed E-state index contributed by atoms with van der Waals surface area (Å²) in [6, 6.07) is 6.66. The van der Waals surface area contributed by atoms with E-state index in [9.17, 15) is 0 Å². The molecular weight excluding hydrogens is 316 g/mol. The van der Waals surface area contributed by atoms with Gasteiger partial charge in [-0.25, -0.2) is 0 Å². The van der Waals surface area contributed by atoms with Crippen molar-refractivity contribution in [2.24, 2.45) is 0 Å². The fourth-order valence-corrected chi connectivity index (χ4v) is 3.15. The van der Waals surface area contributed by atoms with Crippen LogP contribution in [0.2, 0.25) is 0 Å². The van der Waals surface area contributed by atoms with Crippen LogP contribution in [0.5, 0.6) is 5.75 Å². The molecule has 1 aliphatic rings. The van der Waals surface area contributed by atoms with Gasteiger partial charge in [-0.15, -0.1) is 6.58 Å². The van der Waals surface area contributed by atoms with Gasteiger partial charge in [0.25, 0.3) is 0 Å². The summed E-state index contributed by atoms with van der Waals surface area (Å²) >= 11 is 3.58. The topological polar surface area (TPSA) is 24.5 Å². The first-order valence-electron chi connectivity index (χ1n) is 7.15. The molecule has 2 rings (SSSR count). The van der Waals surface area contributed by atoms with Crippen LogP contribution in [0.25, 0.3) is 0 Å². The Labute approximate surface area is 130 Å². The molecule has 1 saturated heterocycles. The lowest BCUT2D eigenvalue weighted by molar-refractivity contribution is 0.163. The third kappa shape index (κ3) is 3.84. The molecule has 1 atom stereocenters. The predicted molar refractivity (Wildman–Crippen MR) is 87.3 cm³/mol. The maximum atomic E-state index is 5.56. The zero-order valence-electron chi connectivity index (χ0n) is 12.1. The van der Waals surface area contributed by atoms with Crippen molar-refractivity contribution in [1.82, 2.24) is 10.2 Å². The van der Waals surface area contributed by atoms with E-state index in [0.717, 1.165) is 49.2 Å². The monoisotopic (exact) mass is 338 g/mol. The summed E-state index contributed by atoms with van der Waals surface area (Å²) in [6.45, 7) is 8.13. The van der Waals surface area contributed by atoms with Crippen LogP contribution in [0.15, 0.2) is 35.3 Å². The summed E-state index contributed by atoms with van der Waals surface area (Å²) in [4.78, 5) is 2.55. The lowest BCUT2D eigenvalue weighted by Crippen LogP contribution is -2.45. The molecule has 1 aromatic carbocycles. The molecule has 0 unspecified atom stereocenters. The highest BCUT2D eigenvalue weighted by molar-refractivity contribution is 9.10. The second-order valence-electron chi connectivity index (χ2n) is 5.05. The highest BCUT2D eigenvalue weighted by Crippen LogP contribution is 2.35. The van der Waals surface area contributed by atoms with Gasteiger partial charge in [-0.05, 0) is 31.0 Å². The van der Waals surface area contributed by atoms with Crippen molar-refractivity contribution in [3.8, 4) is 5.75 Å². The van der Waals surface area contributed by atoms with Crippen molar-refractivity contribution in [2.45, 2.75) is 18.9 Å². The summed E-state index contributed by atoms with van der Waals surface area (Å²) in [5.74, 6) is 0.973. The molecule has 1 aromatic rings. The Hall–Kier alpha value is -0.840. The molecular formula is C16H23BrN2O. The molecule has 0 aromatic heterocycles. The minimum Gasteiger partial charge on any atom is -0.496 e. The van der Waals surface area contributed by atoms with E-state index in [1.165, 1.54) is 5.56 Å². The number of methoxy groups -OCH3 is 1. The molecule has 0 saturated carbocycles. The van der Waals surface area contributed by atoms with E-state index < -0.39 is 0 Å². The van der Waals surface area contributed by atoms with E-state index in [0.29, 0.717) is 6.04 Å². The second kappa shape index (κ2) is 7.81. The van der Waals surface area contributed by atoms with Gasteiger partial charge in [-0.2, -0.15) is 0 Å². The van der Waals surface area contributed by atoms with Crippen LogP contribution < -0.4 is 10.1 Å². The molecule has 0 radical (unpaired) electrons. The molecule has 1 N–H and O–H groups in total. The Morgan fingerprint density at radius 2 is 2.20 bits per heavy atom. The summed E-state index contributed by atoms with van der Waals surface area (Å²) in [5, 5.41) is 3.41. The van der Waals surface area contributed by atoms with Gasteiger partial charge in [0.15, 0.2) is 0 Å². The van der Waals surface area contributed by atoms with E-state index in [-0.39, 0.29) is 0 Å². The molecule has 0 amide bonds. The number of ether oxygens (including phenoxy) is 1. The van der Waals surface area contributed by atoms with Crippen molar-refractivity contribution in [3.05, 3.63) is 40.9 Å². The van der Waals surface area contributed by atoms with Crippen LogP contribution in [0.4, 0.5) is 0 Å². The van der Waals surface area contributed by atoms with Crippen molar-refractivity contribution >= 4 is 15.9 Å². The zero-order valence-corrected chi connectivity index (χ0v) is 13.7. The van der Waals surface area contributed by atoms with Gasteiger partial charge in [-0.1, -0.05) is 22.0 Å². The quantitative estimate of drug-likeness (QED) is 0.805. The number of piperazine rings is 1. The predicted octanol–water partition coefficient (Wildman–Crippen LogP) is 3.37. The fraction of sp³-hybridized carbons (Fsp3) is 0.500. The van der Waals surface area contributed by atoms with Crippen LogP contribution in [0, 0.1) is 0 Å². The molecule has 1 fully saturated rings. The SMILES string of the molecule is C=CCC[C@H](c1cc(Br)ccc1OC)N1CCNCC1. The Kier molecular flexibility index (Phi) is 6.07. The summed E-state index contributed by atoms with van der Waals surface area (Å²) in [5.41, 5.74) is 1.27. The minimum atomic E-state index is 0.391. The van der Waals surface area contributed by atoms with Gasteiger partial charge in [0, 0.05) is 42.3 Å². The fourth-order valence-electron chi connectivity index (χ4n) is 2.77. The van der Waals surface area contributed by atoms with Crippen LogP contribution in [-0.2, 0) is 0 Å². The van der Waals surface area contributed by atoms with Gasteiger partial charge < -0.3 is 10.1 Å². The third-order valence-electron chi connectivity index (χ3n) is 3.79. The van der Waals surface area contributed by atoms with Crippen LogP contribution >= 0.6 is 15.9 Å². The van der Waals surface area contributed by atoms with E-state index in [1.54, 1.807) is 7.11 Å². The highest BCUT2D eigenvalue weighted by Gasteiger charge is 2.24. The second-order valence-corrected chi connectivity index (χ2v) is 5.97. The largest absolute Gasteiger partial charge is 0.496 e. The Morgan fingerprint density at radius 3 is 2.85 bits per heavy atom. The first kappa shape index (κ1) is 15.5. The number of nitrogens with one attached hydrogen (secondary N) is 1. The Bertz CT molecular complexity index is 444. The van der Waals surface area contributed by atoms with Gasteiger partial charge in [0.2, 0.25) is 0 Å². The smallest absolute Gasteiger partial charge is 0.123 e. The van der Waals surface area contributed by atoms with Crippen molar-refractivity contribution in [3.63, 3.8) is 0 Å². The number of benzene rings is 1. The minimum absolute atomic E-state index is 0.391. The maximum Gasteiger partial charge on any atom is 0.123 e. The number of halogens is 1. The average Bonchev–Trinajstić information content (AvgIpc) is 2.49. The summed E-state index contributed by atoms with van der Waals surface area (Å²) in [7, 11) is 1.75. The van der Waals surface area contributed by atoms with Crippen molar-refractivity contribution in [2.75, 3.05) is 33.3 Å². The lowest BCUT2D eigenvalue weighted by atomic mass is 9.98. The zero-order chi connectivity index (χ0) is 14.4. The van der Waals surface area contributed by atoms with Crippen molar-refractivity contribution in [1.29, 1.82) is 0 Å². The van der Waals surface area contributed by atoms with Crippen LogP contribution in [-0.4, -0.2) is 38.2 Å². The lowest BCUT2D eigenvalue weighted by Gasteiger charge is -2.35. The van der Waals surface area contributed by atoms with Crippen molar-refractivity contribution < 1.29 is 4.74 Å². The third-order valence-corrected chi connectivity index (χ3v) is 4.28. The molecule has 1 heterocycles. The summed E-state index contributed by atoms with van der Waals surface area (Å²) < 4.78 is 6.67. The molecule has 1 aliphatic heterocycles. The van der Waals surface area contributed by atoms with E-state index in [1.807, 2.05) is 18.2 Å². The van der Waals surface area contributed by atoms with Gasteiger partial charge in [0.05, 0.1) is 7.11 Å². The van der Waals surface area contributed by atoms with Gasteiger partial charge >= 0.3 is 0 Å². The molecule has 20 heavy (non-hydrogen) atoms. The molecule has 4 heteroatoms. The van der Waals surface area contributed by atoms with E-state index >= 15 is 0 Å². The summed E-state index contributed by atoms with van der Waals surface area (Å²) in [6.07, 6.45) is 4.10. The molecule has 0 spiro atoms. The standard InChI is InChI=1S/C16H23BrN2O/c1-3-4-5-15(19-10-8-18-9-11-19)14-12-13(17)6-7-16(14)20-2/h3,6-7,12,15,18H,1,4-5,8-11H2,2H3/t15-/m1/s1. The van der Waals surface area contributed by atoms with Crippen LogP contribution in [0.3, 0.4) is 0 Å². The molecule has 110 valence electrons. The molecule has 0 bridgehead atoms. The number of rotatable bonds is 6. The first-order valence-corrected chi connectivity index (χ1v) is 7.94. The maximum absolute atomic E-state index is 5.56. The van der Waals surface area contributed by atoms with Crippen LogP contribution in [0.1, 0.15) is 24.4 Å². The Morgan fingerprint density at radius 1 is 1.45 bits per heavy atom. The number of hydrogen-bond donors (Lipinski definition) is 1.